The minimum Gasteiger partial charge on any atom is -0.492 e. The van der Waals surface area contributed by atoms with Crippen LogP contribution in [0.4, 0.5) is 0 Å². The van der Waals surface area contributed by atoms with Gasteiger partial charge in [0.1, 0.15) is 5.75 Å². The Bertz CT molecular complexity index is 528. The maximum Gasteiger partial charge on any atom is 0.137 e. The second kappa shape index (κ2) is 5.60. The zero-order valence-electron chi connectivity index (χ0n) is 10.6. The van der Waals surface area contributed by atoms with Crippen LogP contribution >= 0.6 is 0 Å². The fourth-order valence-corrected chi connectivity index (χ4v) is 1.80. The molecule has 2 heterocycles. The van der Waals surface area contributed by atoms with Gasteiger partial charge in [-0.2, -0.15) is 0 Å². The highest BCUT2D eigenvalue weighted by atomic mass is 16.5. The molecule has 0 bridgehead atoms. The minimum atomic E-state index is -0.209. The molecule has 2 aromatic heterocycles. The molecule has 0 fully saturated rings. The van der Waals surface area contributed by atoms with E-state index in [4.69, 9.17) is 10.5 Å². The minimum absolute atomic E-state index is 0.209. The van der Waals surface area contributed by atoms with Crippen LogP contribution in [-0.4, -0.2) is 16.6 Å². The number of nitrogens with zero attached hydrogens (tertiary/aromatic N) is 2. The van der Waals surface area contributed by atoms with Gasteiger partial charge in [-0.05, 0) is 43.2 Å². The van der Waals surface area contributed by atoms with Gasteiger partial charge >= 0.3 is 0 Å². The lowest BCUT2D eigenvalue weighted by atomic mass is 10.0. The molecule has 0 saturated heterocycles. The average Bonchev–Trinajstić information content (AvgIpc) is 2.39. The Morgan fingerprint density at radius 2 is 2.11 bits per heavy atom. The van der Waals surface area contributed by atoms with Gasteiger partial charge in [0, 0.05) is 18.1 Å². The van der Waals surface area contributed by atoms with Gasteiger partial charge in [0.05, 0.1) is 18.8 Å². The van der Waals surface area contributed by atoms with Gasteiger partial charge in [-0.25, -0.2) is 0 Å². The number of hydrogen-bond donors (Lipinski definition) is 1. The van der Waals surface area contributed by atoms with Crippen LogP contribution in [0.2, 0.25) is 0 Å². The van der Waals surface area contributed by atoms with Gasteiger partial charge < -0.3 is 10.5 Å². The Balaban J connectivity index is 2.27. The van der Waals surface area contributed by atoms with Crippen molar-refractivity contribution in [1.29, 1.82) is 0 Å². The second-order valence-electron chi connectivity index (χ2n) is 4.10. The lowest BCUT2D eigenvalue weighted by Gasteiger charge is -2.13. The molecule has 4 nitrogen and oxygen atoms in total. The first-order chi connectivity index (χ1) is 8.70. The lowest BCUT2D eigenvalue weighted by molar-refractivity contribution is 0.338. The second-order valence-corrected chi connectivity index (χ2v) is 4.10. The summed E-state index contributed by atoms with van der Waals surface area (Å²) >= 11 is 0. The predicted octanol–water partition coefficient (Wildman–Crippen LogP) is 2.23. The van der Waals surface area contributed by atoms with Crippen LogP contribution in [0, 0.1) is 6.92 Å². The molecule has 0 aliphatic carbocycles. The molecule has 2 N–H and O–H groups in total. The van der Waals surface area contributed by atoms with Gasteiger partial charge in [-0.3, -0.25) is 9.97 Å². The van der Waals surface area contributed by atoms with E-state index in [1.54, 1.807) is 18.6 Å². The quantitative estimate of drug-likeness (QED) is 0.894. The molecule has 2 aromatic rings. The Kier molecular flexibility index (Phi) is 3.89. The van der Waals surface area contributed by atoms with Gasteiger partial charge in [0.25, 0.3) is 0 Å². The number of aryl methyl sites for hydroxylation is 1. The summed E-state index contributed by atoms with van der Waals surface area (Å²) < 4.78 is 5.43. The summed E-state index contributed by atoms with van der Waals surface area (Å²) in [7, 11) is 0. The molecule has 0 aromatic carbocycles. The van der Waals surface area contributed by atoms with Gasteiger partial charge in [-0.1, -0.05) is 0 Å². The Morgan fingerprint density at radius 3 is 2.83 bits per heavy atom. The summed E-state index contributed by atoms with van der Waals surface area (Å²) in [6.45, 7) is 4.51. The lowest BCUT2D eigenvalue weighted by Crippen LogP contribution is -2.12. The summed E-state index contributed by atoms with van der Waals surface area (Å²) in [5.41, 5.74) is 9.14. The van der Waals surface area contributed by atoms with E-state index in [2.05, 4.69) is 9.97 Å². The molecule has 2 rings (SSSR count). The normalized spacial score (nSPS) is 12.2. The van der Waals surface area contributed by atoms with Crippen molar-refractivity contribution in [1.82, 2.24) is 9.97 Å². The van der Waals surface area contributed by atoms with E-state index in [9.17, 15) is 0 Å². The molecule has 0 saturated carbocycles. The summed E-state index contributed by atoms with van der Waals surface area (Å²) in [4.78, 5) is 8.32. The monoisotopic (exact) mass is 243 g/mol. The van der Waals surface area contributed by atoms with E-state index in [1.165, 1.54) is 0 Å². The van der Waals surface area contributed by atoms with Crippen LogP contribution in [0.15, 0.2) is 36.8 Å². The molecule has 1 unspecified atom stereocenters. The average molecular weight is 243 g/mol. The van der Waals surface area contributed by atoms with E-state index < -0.39 is 0 Å². The van der Waals surface area contributed by atoms with Crippen LogP contribution < -0.4 is 10.5 Å². The van der Waals surface area contributed by atoms with Crippen molar-refractivity contribution >= 4 is 0 Å². The number of hydrogen-bond acceptors (Lipinski definition) is 4. The maximum atomic E-state index is 6.23. The van der Waals surface area contributed by atoms with E-state index >= 15 is 0 Å². The predicted molar refractivity (Wildman–Crippen MR) is 70.4 cm³/mol. The first-order valence-corrected chi connectivity index (χ1v) is 5.96. The molecular weight excluding hydrogens is 226 g/mol. The molecule has 0 amide bonds. The first-order valence-electron chi connectivity index (χ1n) is 5.96. The fraction of sp³-hybridized carbons (Fsp3) is 0.286. The van der Waals surface area contributed by atoms with Crippen molar-refractivity contribution in [2.75, 3.05) is 6.61 Å². The van der Waals surface area contributed by atoms with Crippen LogP contribution in [0.3, 0.4) is 0 Å². The fourth-order valence-electron chi connectivity index (χ4n) is 1.80. The number of aromatic nitrogens is 2. The topological polar surface area (TPSA) is 61.0 Å². The summed E-state index contributed by atoms with van der Waals surface area (Å²) in [5, 5.41) is 0. The number of pyridine rings is 2. The van der Waals surface area contributed by atoms with Crippen molar-refractivity contribution in [2.45, 2.75) is 19.9 Å². The van der Waals surface area contributed by atoms with E-state index in [0.29, 0.717) is 6.61 Å². The molecule has 4 heteroatoms. The third kappa shape index (κ3) is 2.84. The van der Waals surface area contributed by atoms with Gasteiger partial charge in [0.2, 0.25) is 0 Å². The Morgan fingerprint density at radius 1 is 1.28 bits per heavy atom. The van der Waals surface area contributed by atoms with Gasteiger partial charge in [0.15, 0.2) is 0 Å². The third-order valence-corrected chi connectivity index (χ3v) is 2.68. The van der Waals surface area contributed by atoms with Crippen LogP contribution in [0.1, 0.15) is 29.8 Å². The molecular formula is C14H17N3O. The van der Waals surface area contributed by atoms with Crippen molar-refractivity contribution < 1.29 is 4.74 Å². The first kappa shape index (κ1) is 12.5. The number of rotatable bonds is 4. The van der Waals surface area contributed by atoms with Crippen LogP contribution in [0.25, 0.3) is 0 Å². The maximum absolute atomic E-state index is 6.23. The number of nitrogens with two attached hydrogens (primary N) is 1. The highest BCUT2D eigenvalue weighted by Crippen LogP contribution is 2.22. The third-order valence-electron chi connectivity index (χ3n) is 2.68. The molecule has 0 aliphatic heterocycles. The van der Waals surface area contributed by atoms with E-state index in [-0.39, 0.29) is 6.04 Å². The summed E-state index contributed by atoms with van der Waals surface area (Å²) in [6, 6.07) is 5.62. The highest BCUT2D eigenvalue weighted by Gasteiger charge is 2.10. The van der Waals surface area contributed by atoms with Crippen molar-refractivity contribution in [3.63, 3.8) is 0 Å². The molecule has 94 valence electrons. The van der Waals surface area contributed by atoms with Gasteiger partial charge in [-0.15, -0.1) is 0 Å². The standard InChI is InChI=1S/C14H17N3O/c1-3-18-13-7-12(8-16-9-13)14(15)11-4-5-17-10(2)6-11/h4-9,14H,3,15H2,1-2H3. The molecule has 0 spiro atoms. The molecule has 18 heavy (non-hydrogen) atoms. The smallest absolute Gasteiger partial charge is 0.137 e. The van der Waals surface area contributed by atoms with Crippen molar-refractivity contribution in [3.05, 3.63) is 53.6 Å². The number of ether oxygens (including phenoxy) is 1. The van der Waals surface area contributed by atoms with Crippen molar-refractivity contribution in [3.8, 4) is 5.75 Å². The molecule has 0 aliphatic rings. The van der Waals surface area contributed by atoms with E-state index in [0.717, 1.165) is 22.6 Å². The summed E-state index contributed by atoms with van der Waals surface area (Å²) in [5.74, 6) is 0.747. The zero-order valence-corrected chi connectivity index (χ0v) is 10.6. The zero-order chi connectivity index (χ0) is 13.0. The van der Waals surface area contributed by atoms with Crippen molar-refractivity contribution in [2.24, 2.45) is 5.73 Å². The highest BCUT2D eigenvalue weighted by molar-refractivity contribution is 5.33. The molecule has 1 atom stereocenters. The summed E-state index contributed by atoms with van der Waals surface area (Å²) in [6.07, 6.45) is 5.23. The Labute approximate surface area is 107 Å². The van der Waals surface area contributed by atoms with E-state index in [1.807, 2.05) is 32.0 Å². The Hall–Kier alpha value is -1.94. The van der Waals surface area contributed by atoms with Crippen LogP contribution in [-0.2, 0) is 0 Å². The largest absolute Gasteiger partial charge is 0.492 e. The SMILES string of the molecule is CCOc1cncc(C(N)c2ccnc(C)c2)c1. The van der Waals surface area contributed by atoms with Crippen LogP contribution in [0.5, 0.6) is 5.75 Å². The molecule has 0 radical (unpaired) electrons.